The van der Waals surface area contributed by atoms with Crippen molar-refractivity contribution in [1.29, 1.82) is 0 Å². The summed E-state index contributed by atoms with van der Waals surface area (Å²) in [5.41, 5.74) is 3.39. The van der Waals surface area contributed by atoms with E-state index in [-0.39, 0.29) is 29.8 Å². The van der Waals surface area contributed by atoms with Crippen molar-refractivity contribution in [1.82, 2.24) is 30.5 Å². The molecule has 4 amide bonds. The summed E-state index contributed by atoms with van der Waals surface area (Å²) in [6.45, 7) is 4.09. The summed E-state index contributed by atoms with van der Waals surface area (Å²) in [5.74, 6) is -4.09. The standard InChI is InChI=1S/C22H26F4N6O3/c1-14-4-3-5-17(23)18(14)32(21(35)31-10-8-30(2)9-11-31)13-16-7-6-15(12-27-16)19(33)28-29-20(34)22(24,25)26/h3,5-7,12,14H,4,8-11,13H2,1-2H3,(H,28,33)(H,29,34). The normalized spacial score (nSPS) is 18.9. The van der Waals surface area contributed by atoms with E-state index >= 15 is 0 Å². The van der Waals surface area contributed by atoms with Crippen molar-refractivity contribution in [2.45, 2.75) is 26.1 Å². The number of carbonyl (C=O) groups excluding carboxylic acids is 3. The Balaban J connectivity index is 1.76. The molecule has 9 nitrogen and oxygen atoms in total. The van der Waals surface area contributed by atoms with Gasteiger partial charge in [0, 0.05) is 38.3 Å². The first-order chi connectivity index (χ1) is 16.5. The van der Waals surface area contributed by atoms with E-state index in [2.05, 4.69) is 9.88 Å². The molecule has 0 spiro atoms. The molecule has 2 aliphatic rings. The molecule has 3 rings (SSSR count). The summed E-state index contributed by atoms with van der Waals surface area (Å²) in [6, 6.07) is 2.33. The van der Waals surface area contributed by atoms with E-state index in [0.29, 0.717) is 38.3 Å². The van der Waals surface area contributed by atoms with Crippen LogP contribution < -0.4 is 10.9 Å². The van der Waals surface area contributed by atoms with Crippen LogP contribution in [0.15, 0.2) is 42.0 Å². The molecule has 1 saturated heterocycles. The van der Waals surface area contributed by atoms with Gasteiger partial charge < -0.3 is 9.80 Å². The molecule has 1 aliphatic carbocycles. The highest BCUT2D eigenvalue weighted by atomic mass is 19.4. The van der Waals surface area contributed by atoms with Gasteiger partial charge in [-0.05, 0) is 31.7 Å². The molecule has 0 aromatic carbocycles. The maximum absolute atomic E-state index is 14.8. The van der Waals surface area contributed by atoms with Crippen molar-refractivity contribution in [2.24, 2.45) is 5.92 Å². The van der Waals surface area contributed by atoms with Gasteiger partial charge in [-0.1, -0.05) is 13.0 Å². The number of nitrogens with zero attached hydrogens (tertiary/aromatic N) is 4. The fraction of sp³-hybridized carbons (Fsp3) is 0.455. The number of piperazine rings is 1. The zero-order chi connectivity index (χ0) is 25.8. The van der Waals surface area contributed by atoms with Crippen LogP contribution in [0, 0.1) is 5.92 Å². The molecule has 35 heavy (non-hydrogen) atoms. The predicted octanol–water partition coefficient (Wildman–Crippen LogP) is 2.35. The van der Waals surface area contributed by atoms with Gasteiger partial charge in [-0.25, -0.2) is 9.18 Å². The zero-order valence-corrected chi connectivity index (χ0v) is 19.2. The second-order valence-electron chi connectivity index (χ2n) is 8.38. The van der Waals surface area contributed by atoms with Gasteiger partial charge >= 0.3 is 18.1 Å². The van der Waals surface area contributed by atoms with E-state index in [1.807, 2.05) is 14.0 Å². The highest BCUT2D eigenvalue weighted by molar-refractivity contribution is 5.95. The van der Waals surface area contributed by atoms with Gasteiger partial charge in [0.05, 0.1) is 23.5 Å². The van der Waals surface area contributed by atoms with Crippen LogP contribution in [0.3, 0.4) is 0 Å². The molecule has 1 aromatic heterocycles. The van der Waals surface area contributed by atoms with Crippen LogP contribution in [-0.4, -0.2) is 76.9 Å². The Bertz CT molecular complexity index is 1020. The minimum absolute atomic E-state index is 0.0706. The molecule has 0 saturated carbocycles. The van der Waals surface area contributed by atoms with E-state index in [0.717, 1.165) is 6.20 Å². The molecular weight excluding hydrogens is 472 g/mol. The molecule has 2 heterocycles. The number of nitrogens with one attached hydrogen (secondary N) is 2. The number of amides is 4. The Hall–Kier alpha value is -3.48. The van der Waals surface area contributed by atoms with Crippen LogP contribution in [0.2, 0.25) is 0 Å². The van der Waals surface area contributed by atoms with Gasteiger partial charge in [-0.2, -0.15) is 13.2 Å². The Morgan fingerprint density at radius 3 is 2.40 bits per heavy atom. The van der Waals surface area contributed by atoms with E-state index in [1.54, 1.807) is 16.4 Å². The van der Waals surface area contributed by atoms with Crippen LogP contribution in [0.5, 0.6) is 0 Å². The third-order valence-electron chi connectivity index (χ3n) is 5.71. The number of carbonyl (C=O) groups is 3. The van der Waals surface area contributed by atoms with Crippen LogP contribution >= 0.6 is 0 Å². The SMILES string of the molecule is CC1CC=CC(F)=C1N(Cc1ccc(C(=O)NNC(=O)C(F)(F)F)cn1)C(=O)N1CCN(C)CC1. The molecule has 13 heteroatoms. The number of aromatic nitrogens is 1. The van der Waals surface area contributed by atoms with E-state index in [9.17, 15) is 31.9 Å². The number of alkyl halides is 3. The topological polar surface area (TPSA) is 97.9 Å². The first-order valence-corrected chi connectivity index (χ1v) is 10.9. The van der Waals surface area contributed by atoms with Crippen LogP contribution in [0.1, 0.15) is 29.4 Å². The van der Waals surface area contributed by atoms with Crippen LogP contribution in [0.25, 0.3) is 0 Å². The van der Waals surface area contributed by atoms with E-state index in [1.165, 1.54) is 28.5 Å². The lowest BCUT2D eigenvalue weighted by atomic mass is 9.97. The molecule has 1 aliphatic heterocycles. The lowest BCUT2D eigenvalue weighted by molar-refractivity contribution is -0.174. The molecule has 1 aromatic rings. The second-order valence-corrected chi connectivity index (χ2v) is 8.38. The smallest absolute Gasteiger partial charge is 0.322 e. The maximum atomic E-state index is 14.8. The Kier molecular flexibility index (Phi) is 8.10. The highest BCUT2D eigenvalue weighted by Gasteiger charge is 2.39. The second kappa shape index (κ2) is 10.8. The number of urea groups is 1. The van der Waals surface area contributed by atoms with E-state index in [4.69, 9.17) is 0 Å². The van der Waals surface area contributed by atoms with Crippen molar-refractivity contribution in [3.05, 3.63) is 53.3 Å². The fourth-order valence-corrected chi connectivity index (χ4v) is 3.70. The molecule has 1 unspecified atom stereocenters. The van der Waals surface area contributed by atoms with Gasteiger partial charge in [0.1, 0.15) is 5.83 Å². The Morgan fingerprint density at radius 1 is 1.14 bits per heavy atom. The zero-order valence-electron chi connectivity index (χ0n) is 19.2. The summed E-state index contributed by atoms with van der Waals surface area (Å²) >= 11 is 0. The van der Waals surface area contributed by atoms with E-state index < -0.39 is 23.8 Å². The van der Waals surface area contributed by atoms with Gasteiger partial charge in [0.2, 0.25) is 0 Å². The highest BCUT2D eigenvalue weighted by Crippen LogP contribution is 2.31. The molecule has 1 fully saturated rings. The fourth-order valence-electron chi connectivity index (χ4n) is 3.70. The Morgan fingerprint density at radius 2 is 1.83 bits per heavy atom. The first-order valence-electron chi connectivity index (χ1n) is 10.9. The van der Waals surface area contributed by atoms with Crippen molar-refractivity contribution >= 4 is 17.8 Å². The van der Waals surface area contributed by atoms with Crippen LogP contribution in [-0.2, 0) is 11.3 Å². The molecule has 0 radical (unpaired) electrons. The Labute approximate surface area is 199 Å². The van der Waals surface area contributed by atoms with Crippen molar-refractivity contribution in [3.8, 4) is 0 Å². The third kappa shape index (κ3) is 6.56. The monoisotopic (exact) mass is 498 g/mol. The first kappa shape index (κ1) is 26.1. The summed E-state index contributed by atoms with van der Waals surface area (Å²) < 4.78 is 51.6. The molecule has 2 N–H and O–H groups in total. The number of hydrogen-bond donors (Lipinski definition) is 2. The summed E-state index contributed by atoms with van der Waals surface area (Å²) in [7, 11) is 1.95. The summed E-state index contributed by atoms with van der Waals surface area (Å²) in [4.78, 5) is 45.4. The van der Waals surface area contributed by atoms with Gasteiger partial charge in [0.15, 0.2) is 0 Å². The van der Waals surface area contributed by atoms with Crippen molar-refractivity contribution in [2.75, 3.05) is 33.2 Å². The number of hydrogen-bond acceptors (Lipinski definition) is 5. The lowest BCUT2D eigenvalue weighted by Crippen LogP contribution is -2.52. The number of likely N-dealkylation sites (N-methyl/N-ethyl adjacent to an activating group) is 1. The largest absolute Gasteiger partial charge is 0.472 e. The van der Waals surface area contributed by atoms with Crippen molar-refractivity contribution < 1.29 is 31.9 Å². The number of pyridine rings is 1. The quantitative estimate of drug-likeness (QED) is 0.491. The number of rotatable bonds is 4. The minimum atomic E-state index is -5.15. The third-order valence-corrected chi connectivity index (χ3v) is 5.71. The van der Waals surface area contributed by atoms with Gasteiger partial charge in [0.25, 0.3) is 5.91 Å². The lowest BCUT2D eigenvalue weighted by Gasteiger charge is -2.38. The summed E-state index contributed by atoms with van der Waals surface area (Å²) in [6.07, 6.45) is -0.463. The number of allylic oxidation sites excluding steroid dienone is 4. The van der Waals surface area contributed by atoms with Crippen molar-refractivity contribution in [3.63, 3.8) is 0 Å². The molecule has 190 valence electrons. The maximum Gasteiger partial charge on any atom is 0.472 e. The number of hydrazine groups is 1. The average Bonchev–Trinajstić information content (AvgIpc) is 2.81. The molecular formula is C22H26F4N6O3. The minimum Gasteiger partial charge on any atom is -0.322 e. The van der Waals surface area contributed by atoms with Gasteiger partial charge in [-0.3, -0.25) is 30.3 Å². The average molecular weight is 498 g/mol. The molecule has 1 atom stereocenters. The van der Waals surface area contributed by atoms with Crippen LogP contribution in [0.4, 0.5) is 22.4 Å². The molecule has 0 bridgehead atoms. The summed E-state index contributed by atoms with van der Waals surface area (Å²) in [5, 5.41) is 0. The van der Waals surface area contributed by atoms with Gasteiger partial charge in [-0.15, -0.1) is 0 Å². The predicted molar refractivity (Wildman–Crippen MR) is 117 cm³/mol. The number of halogens is 4.